The predicted molar refractivity (Wildman–Crippen MR) is 68.7 cm³/mol. The Balaban J connectivity index is 2.70. The van der Waals surface area contributed by atoms with Crippen LogP contribution in [0.2, 0.25) is 5.02 Å². The lowest BCUT2D eigenvalue weighted by Gasteiger charge is -2.13. The first-order valence-corrected chi connectivity index (χ1v) is 5.71. The summed E-state index contributed by atoms with van der Waals surface area (Å²) in [4.78, 5) is 10.8. The van der Waals surface area contributed by atoms with Gasteiger partial charge < -0.3 is 24.2 Å². The zero-order valence-corrected chi connectivity index (χ0v) is 11.3. The molecule has 0 radical (unpaired) electrons. The lowest BCUT2D eigenvalue weighted by Crippen LogP contribution is -1.95. The molecule has 0 amide bonds. The van der Waals surface area contributed by atoms with E-state index in [4.69, 9.17) is 30.7 Å². The minimum Gasteiger partial charge on any atom is -0.506 e. The molecule has 8 heteroatoms. The lowest BCUT2D eigenvalue weighted by atomic mass is 10.1. The van der Waals surface area contributed by atoms with Crippen LogP contribution in [0.5, 0.6) is 17.2 Å². The van der Waals surface area contributed by atoms with Gasteiger partial charge >= 0.3 is 5.97 Å². The molecule has 0 bridgehead atoms. The Labute approximate surface area is 118 Å². The first-order chi connectivity index (χ1) is 9.49. The summed E-state index contributed by atoms with van der Waals surface area (Å²) in [7, 11) is 2.77. The minimum atomic E-state index is -1.25. The topological polar surface area (TPSA) is 102 Å². The van der Waals surface area contributed by atoms with Crippen LogP contribution in [0.1, 0.15) is 10.5 Å². The molecular formula is C12H10ClNO6. The number of carboxylic acids is 1. The van der Waals surface area contributed by atoms with Crippen LogP contribution in [0.3, 0.4) is 0 Å². The number of carboxylic acid groups (broad SMARTS) is 1. The van der Waals surface area contributed by atoms with Crippen molar-refractivity contribution in [3.63, 3.8) is 0 Å². The summed E-state index contributed by atoms with van der Waals surface area (Å²) in [6.45, 7) is 0. The quantitative estimate of drug-likeness (QED) is 0.893. The van der Waals surface area contributed by atoms with Crippen LogP contribution in [-0.4, -0.2) is 35.6 Å². The molecule has 1 heterocycles. The summed E-state index contributed by atoms with van der Waals surface area (Å²) in [5.41, 5.74) is -0.133. The Morgan fingerprint density at radius 3 is 2.55 bits per heavy atom. The van der Waals surface area contributed by atoms with E-state index in [0.717, 1.165) is 0 Å². The van der Waals surface area contributed by atoms with Crippen molar-refractivity contribution in [3.8, 4) is 28.6 Å². The number of halogens is 1. The molecule has 0 saturated carbocycles. The van der Waals surface area contributed by atoms with Crippen LogP contribution in [0.4, 0.5) is 0 Å². The molecule has 0 spiro atoms. The molecule has 1 aromatic carbocycles. The van der Waals surface area contributed by atoms with Gasteiger partial charge in [0.05, 0.1) is 24.8 Å². The Kier molecular flexibility index (Phi) is 3.71. The predicted octanol–water partition coefficient (Wildman–Crippen LogP) is 2.42. The summed E-state index contributed by atoms with van der Waals surface area (Å²) in [6, 6.07) is 2.45. The number of nitrogens with zero attached hydrogens (tertiary/aromatic N) is 1. The Hall–Kier alpha value is -2.41. The molecule has 7 nitrogen and oxygen atoms in total. The van der Waals surface area contributed by atoms with E-state index in [1.165, 1.54) is 26.4 Å². The van der Waals surface area contributed by atoms with Gasteiger partial charge in [-0.05, 0) is 0 Å². The fraction of sp³-hybridized carbons (Fsp3) is 0.167. The van der Waals surface area contributed by atoms with E-state index in [0.29, 0.717) is 0 Å². The Morgan fingerprint density at radius 2 is 2.05 bits per heavy atom. The maximum atomic E-state index is 10.8. The number of aromatic nitrogens is 1. The second-order valence-electron chi connectivity index (χ2n) is 3.70. The van der Waals surface area contributed by atoms with Crippen LogP contribution in [0, 0.1) is 0 Å². The van der Waals surface area contributed by atoms with Gasteiger partial charge in [0.15, 0.2) is 23.0 Å². The summed E-state index contributed by atoms with van der Waals surface area (Å²) >= 11 is 6.01. The number of phenols is 1. The van der Waals surface area contributed by atoms with E-state index in [1.807, 2.05) is 0 Å². The smallest absolute Gasteiger partial charge is 0.358 e. The number of carbonyl (C=O) groups is 1. The molecule has 2 aromatic rings. The van der Waals surface area contributed by atoms with E-state index in [-0.39, 0.29) is 39.3 Å². The maximum absolute atomic E-state index is 10.8. The monoisotopic (exact) mass is 299 g/mol. The second kappa shape index (κ2) is 5.30. The van der Waals surface area contributed by atoms with Gasteiger partial charge in [0, 0.05) is 12.1 Å². The summed E-state index contributed by atoms with van der Waals surface area (Å²) in [5, 5.41) is 21.9. The van der Waals surface area contributed by atoms with Gasteiger partial charge in [-0.3, -0.25) is 0 Å². The van der Waals surface area contributed by atoms with Gasteiger partial charge in [0.2, 0.25) is 0 Å². The summed E-state index contributed by atoms with van der Waals surface area (Å²) in [5.74, 6) is -1.05. The van der Waals surface area contributed by atoms with Crippen LogP contribution in [0.25, 0.3) is 11.3 Å². The Morgan fingerprint density at radius 1 is 1.35 bits per heavy atom. The zero-order chi connectivity index (χ0) is 14.9. The summed E-state index contributed by atoms with van der Waals surface area (Å²) in [6.07, 6.45) is 0. The third kappa shape index (κ3) is 2.23. The minimum absolute atomic E-state index is 0.0402. The average molecular weight is 300 g/mol. The molecule has 0 fully saturated rings. The fourth-order valence-corrected chi connectivity index (χ4v) is 1.91. The van der Waals surface area contributed by atoms with Crippen LogP contribution in [0.15, 0.2) is 16.7 Å². The lowest BCUT2D eigenvalue weighted by molar-refractivity contribution is 0.0686. The van der Waals surface area contributed by atoms with Gasteiger partial charge in [-0.15, -0.1) is 0 Å². The van der Waals surface area contributed by atoms with Gasteiger partial charge in [0.25, 0.3) is 0 Å². The highest BCUT2D eigenvalue weighted by Gasteiger charge is 2.24. The number of aromatic hydroxyl groups is 1. The van der Waals surface area contributed by atoms with Crippen molar-refractivity contribution in [2.75, 3.05) is 14.2 Å². The first-order valence-electron chi connectivity index (χ1n) is 5.33. The van der Waals surface area contributed by atoms with Gasteiger partial charge in [0.1, 0.15) is 5.75 Å². The number of rotatable bonds is 4. The van der Waals surface area contributed by atoms with Crippen molar-refractivity contribution in [2.24, 2.45) is 0 Å². The molecule has 1 aromatic heterocycles. The number of ether oxygens (including phenoxy) is 2. The third-order valence-corrected chi connectivity index (χ3v) is 2.95. The number of hydrogen-bond donors (Lipinski definition) is 2. The number of aromatic carboxylic acids is 1. The maximum Gasteiger partial charge on any atom is 0.358 e. The van der Waals surface area contributed by atoms with E-state index >= 15 is 0 Å². The van der Waals surface area contributed by atoms with Crippen LogP contribution in [-0.2, 0) is 0 Å². The van der Waals surface area contributed by atoms with Crippen molar-refractivity contribution >= 4 is 17.6 Å². The van der Waals surface area contributed by atoms with Crippen molar-refractivity contribution < 1.29 is 29.0 Å². The van der Waals surface area contributed by atoms with Crippen molar-refractivity contribution in [1.82, 2.24) is 5.16 Å². The molecule has 0 unspecified atom stereocenters. The van der Waals surface area contributed by atoms with Gasteiger partial charge in [-0.25, -0.2) is 4.79 Å². The zero-order valence-electron chi connectivity index (χ0n) is 10.5. The van der Waals surface area contributed by atoms with E-state index in [1.54, 1.807) is 0 Å². The molecule has 0 aliphatic heterocycles. The van der Waals surface area contributed by atoms with Crippen LogP contribution >= 0.6 is 11.6 Å². The highest BCUT2D eigenvalue weighted by molar-refractivity contribution is 6.35. The number of phenolic OH excluding ortho intramolecular Hbond substituents is 1. The van der Waals surface area contributed by atoms with Gasteiger partial charge in [-0.1, -0.05) is 16.8 Å². The van der Waals surface area contributed by atoms with E-state index < -0.39 is 5.97 Å². The highest BCUT2D eigenvalue weighted by atomic mass is 35.5. The van der Waals surface area contributed by atoms with Crippen LogP contribution < -0.4 is 9.47 Å². The molecule has 2 rings (SSSR count). The number of methoxy groups -OCH3 is 2. The average Bonchev–Trinajstić information content (AvgIpc) is 2.90. The van der Waals surface area contributed by atoms with Gasteiger partial charge in [-0.2, -0.15) is 0 Å². The van der Waals surface area contributed by atoms with E-state index in [2.05, 4.69) is 5.16 Å². The normalized spacial score (nSPS) is 10.3. The molecular weight excluding hydrogens is 290 g/mol. The molecule has 2 N–H and O–H groups in total. The molecule has 0 aliphatic carbocycles. The SMILES string of the molecule is COc1cc(O)c(Cl)c(-c2cc(C(=O)O)no2)c1OC. The third-order valence-electron chi connectivity index (χ3n) is 2.56. The van der Waals surface area contributed by atoms with Crippen molar-refractivity contribution in [1.29, 1.82) is 0 Å². The molecule has 0 saturated heterocycles. The standard InChI is InChI=1S/C12H10ClNO6/c1-18-8-4-6(15)10(13)9(11(8)19-2)7-3-5(12(16)17)14-20-7/h3-4,15H,1-2H3,(H,16,17). The molecule has 0 aliphatic rings. The number of hydrogen-bond acceptors (Lipinski definition) is 6. The number of benzene rings is 1. The highest BCUT2D eigenvalue weighted by Crippen LogP contribution is 2.47. The summed E-state index contributed by atoms with van der Waals surface area (Å²) < 4.78 is 15.2. The second-order valence-corrected chi connectivity index (χ2v) is 4.08. The molecule has 0 atom stereocenters. The van der Waals surface area contributed by atoms with Crippen molar-refractivity contribution in [3.05, 3.63) is 22.8 Å². The molecule has 20 heavy (non-hydrogen) atoms. The fourth-order valence-electron chi connectivity index (χ4n) is 1.67. The first kappa shape index (κ1) is 14.0. The van der Waals surface area contributed by atoms with Crippen molar-refractivity contribution in [2.45, 2.75) is 0 Å². The molecule has 106 valence electrons. The van der Waals surface area contributed by atoms with E-state index in [9.17, 15) is 9.90 Å². The Bertz CT molecular complexity index is 666. The largest absolute Gasteiger partial charge is 0.506 e.